The Labute approximate surface area is 154 Å². The van der Waals surface area contributed by atoms with Gasteiger partial charge in [-0.05, 0) is 19.1 Å². The monoisotopic (exact) mass is 380 g/mol. The van der Waals surface area contributed by atoms with Crippen molar-refractivity contribution in [3.63, 3.8) is 0 Å². The van der Waals surface area contributed by atoms with Crippen LogP contribution in [-0.4, -0.2) is 46.6 Å². The van der Waals surface area contributed by atoms with E-state index in [1.54, 1.807) is 6.07 Å². The number of carbonyl (C=O) groups excluding carboxylic acids is 2. The number of aromatic amines is 1. The van der Waals surface area contributed by atoms with Gasteiger partial charge in [0, 0.05) is 29.2 Å². The number of esters is 1. The minimum atomic E-state index is -0.830. The van der Waals surface area contributed by atoms with Crippen LogP contribution in [0.5, 0.6) is 0 Å². The Morgan fingerprint density at radius 3 is 2.96 bits per heavy atom. The fourth-order valence-electron chi connectivity index (χ4n) is 3.04. The van der Waals surface area contributed by atoms with Crippen LogP contribution in [0.4, 0.5) is 9.18 Å². The number of carbonyl (C=O) groups is 2. The Morgan fingerprint density at radius 1 is 1.50 bits per heavy atom. The first-order valence-electron chi connectivity index (χ1n) is 8.04. The number of methoxy groups -OCH3 is 1. The maximum absolute atomic E-state index is 14.6. The van der Waals surface area contributed by atoms with E-state index in [4.69, 9.17) is 11.6 Å². The molecule has 1 aliphatic rings. The molecule has 26 heavy (non-hydrogen) atoms. The van der Waals surface area contributed by atoms with Gasteiger partial charge in [-0.25, -0.2) is 19.0 Å². The molecule has 1 aliphatic heterocycles. The molecule has 2 heterocycles. The Bertz CT molecular complexity index is 841. The molecular weight excluding hydrogens is 363 g/mol. The third kappa shape index (κ3) is 3.37. The second kappa shape index (κ2) is 7.33. The standard InChI is InChI=1S/C17H18ClFN4O3/c1-9(16(24)26-2)22-17(25)23-6-5-13-14(21-8-20-13)15(23)11-4-3-10(18)7-12(11)19/h3-4,7-9,15H,5-6H2,1-2H3,(H,20,21)(H,22,25). The largest absolute Gasteiger partial charge is 0.467 e. The van der Waals surface area contributed by atoms with E-state index < -0.39 is 29.9 Å². The number of urea groups is 1. The lowest BCUT2D eigenvalue weighted by molar-refractivity contribution is -0.142. The van der Waals surface area contributed by atoms with Crippen LogP contribution in [0.3, 0.4) is 0 Å². The Hall–Kier alpha value is -2.61. The fourth-order valence-corrected chi connectivity index (χ4v) is 3.20. The number of fused-ring (bicyclic) bond motifs is 1. The average molecular weight is 381 g/mol. The second-order valence-corrected chi connectivity index (χ2v) is 6.41. The Morgan fingerprint density at radius 2 is 2.27 bits per heavy atom. The number of hydrogen-bond donors (Lipinski definition) is 2. The van der Waals surface area contributed by atoms with Crippen molar-refractivity contribution in [2.24, 2.45) is 0 Å². The van der Waals surface area contributed by atoms with Crippen molar-refractivity contribution in [2.75, 3.05) is 13.7 Å². The van der Waals surface area contributed by atoms with Crippen LogP contribution >= 0.6 is 11.6 Å². The highest BCUT2D eigenvalue weighted by molar-refractivity contribution is 6.30. The molecule has 0 saturated heterocycles. The molecule has 2 unspecified atom stereocenters. The predicted octanol–water partition coefficient (Wildman–Crippen LogP) is 2.42. The van der Waals surface area contributed by atoms with Crippen LogP contribution < -0.4 is 5.32 Å². The van der Waals surface area contributed by atoms with E-state index >= 15 is 0 Å². The van der Waals surface area contributed by atoms with Crippen LogP contribution in [0.25, 0.3) is 0 Å². The Balaban J connectivity index is 1.96. The number of aromatic nitrogens is 2. The number of nitrogens with one attached hydrogen (secondary N) is 2. The van der Waals surface area contributed by atoms with Crippen LogP contribution in [0, 0.1) is 5.82 Å². The molecule has 0 bridgehead atoms. The van der Waals surface area contributed by atoms with Gasteiger partial charge in [-0.3, -0.25) is 0 Å². The van der Waals surface area contributed by atoms with E-state index in [0.717, 1.165) is 5.69 Å². The number of imidazole rings is 1. The molecule has 0 radical (unpaired) electrons. The molecule has 2 N–H and O–H groups in total. The molecule has 0 aliphatic carbocycles. The van der Waals surface area contributed by atoms with E-state index in [1.807, 2.05) is 0 Å². The normalized spacial score (nSPS) is 17.4. The predicted molar refractivity (Wildman–Crippen MR) is 92.3 cm³/mol. The summed E-state index contributed by atoms with van der Waals surface area (Å²) in [5, 5.41) is 2.84. The van der Waals surface area contributed by atoms with E-state index in [0.29, 0.717) is 18.7 Å². The highest BCUT2D eigenvalue weighted by atomic mass is 35.5. The van der Waals surface area contributed by atoms with Crippen LogP contribution in [-0.2, 0) is 16.0 Å². The van der Waals surface area contributed by atoms with Crippen LogP contribution in [0.15, 0.2) is 24.5 Å². The average Bonchev–Trinajstić information content (AvgIpc) is 3.09. The van der Waals surface area contributed by atoms with E-state index in [9.17, 15) is 14.0 Å². The van der Waals surface area contributed by atoms with Crippen molar-refractivity contribution in [1.29, 1.82) is 0 Å². The van der Waals surface area contributed by atoms with Gasteiger partial charge in [0.2, 0.25) is 0 Å². The SMILES string of the molecule is COC(=O)C(C)NC(=O)N1CCc2[nH]cnc2C1c1ccc(Cl)cc1F. The topological polar surface area (TPSA) is 87.3 Å². The summed E-state index contributed by atoms with van der Waals surface area (Å²) in [4.78, 5) is 33.1. The molecule has 0 saturated carbocycles. The van der Waals surface area contributed by atoms with Crippen LogP contribution in [0.2, 0.25) is 5.02 Å². The van der Waals surface area contributed by atoms with Gasteiger partial charge in [0.15, 0.2) is 0 Å². The second-order valence-electron chi connectivity index (χ2n) is 5.97. The lowest BCUT2D eigenvalue weighted by Gasteiger charge is -2.35. The first kappa shape index (κ1) is 18.2. The summed E-state index contributed by atoms with van der Waals surface area (Å²) in [6.45, 7) is 1.85. The van der Waals surface area contributed by atoms with Crippen molar-refractivity contribution in [2.45, 2.75) is 25.4 Å². The third-order valence-corrected chi connectivity index (χ3v) is 4.57. The molecule has 0 spiro atoms. The van der Waals surface area contributed by atoms with Gasteiger partial charge in [0.05, 0.1) is 19.1 Å². The molecule has 2 aromatic rings. The minimum absolute atomic E-state index is 0.264. The molecule has 1 aromatic heterocycles. The molecule has 2 amide bonds. The molecule has 3 rings (SSSR count). The molecule has 1 aromatic carbocycles. The zero-order chi connectivity index (χ0) is 18.8. The summed E-state index contributed by atoms with van der Waals surface area (Å²) < 4.78 is 19.2. The van der Waals surface area contributed by atoms with Crippen molar-refractivity contribution in [1.82, 2.24) is 20.2 Å². The third-order valence-electron chi connectivity index (χ3n) is 4.34. The number of benzene rings is 1. The summed E-state index contributed by atoms with van der Waals surface area (Å²) in [5.74, 6) is -1.10. The number of rotatable bonds is 3. The fraction of sp³-hybridized carbons (Fsp3) is 0.353. The maximum atomic E-state index is 14.6. The molecule has 0 fully saturated rings. The summed E-state index contributed by atoms with van der Waals surface area (Å²) >= 11 is 5.85. The van der Waals surface area contributed by atoms with Gasteiger partial charge in [-0.15, -0.1) is 0 Å². The lowest BCUT2D eigenvalue weighted by atomic mass is 9.95. The highest BCUT2D eigenvalue weighted by Crippen LogP contribution is 2.35. The molecule has 2 atom stereocenters. The molecule has 9 heteroatoms. The summed E-state index contributed by atoms with van der Waals surface area (Å²) in [6.07, 6.45) is 2.06. The van der Waals surface area contributed by atoms with E-state index in [2.05, 4.69) is 20.0 Å². The van der Waals surface area contributed by atoms with Gasteiger partial charge in [-0.2, -0.15) is 0 Å². The van der Waals surface area contributed by atoms with Crippen LogP contribution in [0.1, 0.15) is 29.9 Å². The highest BCUT2D eigenvalue weighted by Gasteiger charge is 2.36. The molecular formula is C17H18ClFN4O3. The molecule has 138 valence electrons. The molecule has 7 nitrogen and oxygen atoms in total. The number of nitrogens with zero attached hydrogens (tertiary/aromatic N) is 2. The van der Waals surface area contributed by atoms with Gasteiger partial charge in [0.25, 0.3) is 0 Å². The number of H-pyrrole nitrogens is 1. The first-order chi connectivity index (χ1) is 12.4. The minimum Gasteiger partial charge on any atom is -0.467 e. The summed E-state index contributed by atoms with van der Waals surface area (Å²) in [5.41, 5.74) is 1.69. The van der Waals surface area contributed by atoms with Gasteiger partial charge in [0.1, 0.15) is 17.9 Å². The van der Waals surface area contributed by atoms with Crippen molar-refractivity contribution in [3.8, 4) is 0 Å². The maximum Gasteiger partial charge on any atom is 0.328 e. The lowest BCUT2D eigenvalue weighted by Crippen LogP contribution is -2.50. The summed E-state index contributed by atoms with van der Waals surface area (Å²) in [6, 6.07) is 2.24. The van der Waals surface area contributed by atoms with Crippen molar-refractivity contribution >= 4 is 23.6 Å². The first-order valence-corrected chi connectivity index (χ1v) is 8.42. The quantitative estimate of drug-likeness (QED) is 0.800. The van der Waals surface area contributed by atoms with Crippen molar-refractivity contribution < 1.29 is 18.7 Å². The van der Waals surface area contributed by atoms with Crippen molar-refractivity contribution in [3.05, 3.63) is 52.3 Å². The van der Waals surface area contributed by atoms with Gasteiger partial charge >= 0.3 is 12.0 Å². The van der Waals surface area contributed by atoms with Gasteiger partial charge in [-0.1, -0.05) is 17.7 Å². The Kier molecular flexibility index (Phi) is 5.13. The number of amides is 2. The summed E-state index contributed by atoms with van der Waals surface area (Å²) in [7, 11) is 1.24. The zero-order valence-electron chi connectivity index (χ0n) is 14.3. The van der Waals surface area contributed by atoms with Gasteiger partial charge < -0.3 is 19.9 Å². The number of ether oxygens (including phenoxy) is 1. The smallest absolute Gasteiger partial charge is 0.328 e. The van der Waals surface area contributed by atoms with E-state index in [-0.39, 0.29) is 10.6 Å². The number of hydrogen-bond acceptors (Lipinski definition) is 4. The number of halogens is 2. The zero-order valence-corrected chi connectivity index (χ0v) is 15.0. The van der Waals surface area contributed by atoms with E-state index in [1.165, 1.54) is 37.4 Å².